The zero-order chi connectivity index (χ0) is 12.0. The average molecular weight is 229 g/mol. The maximum atomic E-state index is 10.8. The maximum Gasteiger partial charge on any atom is 0.219 e. The van der Waals surface area contributed by atoms with Crippen molar-refractivity contribution in [3.05, 3.63) is 0 Å². The maximum absolute atomic E-state index is 10.8. The van der Waals surface area contributed by atoms with Gasteiger partial charge in [-0.25, -0.2) is 0 Å². The van der Waals surface area contributed by atoms with Crippen molar-refractivity contribution < 1.29 is 9.53 Å². The minimum absolute atomic E-state index is 0.0297. The van der Waals surface area contributed by atoms with Gasteiger partial charge in [-0.2, -0.15) is 0 Å². The van der Waals surface area contributed by atoms with E-state index in [0.717, 1.165) is 19.1 Å². The smallest absolute Gasteiger partial charge is 0.219 e. The summed E-state index contributed by atoms with van der Waals surface area (Å²) in [5.74, 6) is 0.488. The van der Waals surface area contributed by atoms with Crippen molar-refractivity contribution in [2.24, 2.45) is 17.4 Å². The van der Waals surface area contributed by atoms with Gasteiger partial charge in [0.25, 0.3) is 0 Å². The molecule has 0 aromatic carbocycles. The van der Waals surface area contributed by atoms with Crippen LogP contribution in [0.4, 0.5) is 0 Å². The Labute approximate surface area is 97.1 Å². The van der Waals surface area contributed by atoms with Gasteiger partial charge in [0, 0.05) is 32.2 Å². The van der Waals surface area contributed by atoms with Crippen LogP contribution >= 0.6 is 0 Å². The van der Waals surface area contributed by atoms with Gasteiger partial charge >= 0.3 is 0 Å². The molecule has 1 aliphatic carbocycles. The second kappa shape index (κ2) is 6.83. The molecule has 16 heavy (non-hydrogen) atoms. The number of primary amides is 1. The Bertz CT molecular complexity index is 219. The fraction of sp³-hybridized carbons (Fsp3) is 0.909. The number of rotatable bonds is 9. The first kappa shape index (κ1) is 13.4. The zero-order valence-corrected chi connectivity index (χ0v) is 10.0. The molecule has 1 unspecified atom stereocenters. The lowest BCUT2D eigenvalue weighted by molar-refractivity contribution is -0.119. The van der Waals surface area contributed by atoms with Crippen molar-refractivity contribution in [3.8, 4) is 0 Å². The van der Waals surface area contributed by atoms with Crippen molar-refractivity contribution in [1.82, 2.24) is 4.90 Å². The summed E-state index contributed by atoms with van der Waals surface area (Å²) in [6.07, 6.45) is 2.93. The Morgan fingerprint density at radius 1 is 1.56 bits per heavy atom. The molecular weight excluding hydrogens is 206 g/mol. The second-order valence-corrected chi connectivity index (χ2v) is 4.56. The highest BCUT2D eigenvalue weighted by molar-refractivity contribution is 5.74. The molecule has 0 saturated heterocycles. The van der Waals surface area contributed by atoms with Crippen LogP contribution in [0.15, 0.2) is 0 Å². The lowest BCUT2D eigenvalue weighted by atomic mass is 10.2. The summed E-state index contributed by atoms with van der Waals surface area (Å²) in [6.45, 7) is 2.81. The number of hydrogen-bond donors (Lipinski definition) is 2. The lowest BCUT2D eigenvalue weighted by Crippen LogP contribution is -2.42. The molecule has 0 spiro atoms. The summed E-state index contributed by atoms with van der Waals surface area (Å²) >= 11 is 0. The van der Waals surface area contributed by atoms with Crippen molar-refractivity contribution in [3.63, 3.8) is 0 Å². The van der Waals surface area contributed by atoms with E-state index in [1.807, 2.05) is 11.9 Å². The highest BCUT2D eigenvalue weighted by Crippen LogP contribution is 2.28. The Morgan fingerprint density at radius 3 is 2.75 bits per heavy atom. The molecule has 0 aromatic rings. The van der Waals surface area contributed by atoms with Crippen LogP contribution in [0, 0.1) is 5.92 Å². The van der Waals surface area contributed by atoms with Gasteiger partial charge in [0.05, 0.1) is 6.61 Å². The van der Waals surface area contributed by atoms with Gasteiger partial charge in [0.15, 0.2) is 0 Å². The Balaban J connectivity index is 2.09. The van der Waals surface area contributed by atoms with E-state index in [1.54, 1.807) is 0 Å². The van der Waals surface area contributed by atoms with E-state index in [4.69, 9.17) is 16.2 Å². The number of ether oxygens (including phenoxy) is 1. The molecule has 1 amide bonds. The van der Waals surface area contributed by atoms with Crippen molar-refractivity contribution in [2.75, 3.05) is 33.4 Å². The molecule has 1 atom stereocenters. The predicted octanol–water partition coefficient (Wildman–Crippen LogP) is -0.452. The molecule has 5 heteroatoms. The summed E-state index contributed by atoms with van der Waals surface area (Å²) in [5, 5.41) is 0. The first-order valence-corrected chi connectivity index (χ1v) is 5.89. The van der Waals surface area contributed by atoms with E-state index < -0.39 is 0 Å². The number of nitrogens with zero attached hydrogens (tertiary/aromatic N) is 1. The predicted molar refractivity (Wildman–Crippen MR) is 62.8 cm³/mol. The van der Waals surface area contributed by atoms with E-state index in [-0.39, 0.29) is 11.9 Å². The molecule has 94 valence electrons. The van der Waals surface area contributed by atoms with Gasteiger partial charge in [0.2, 0.25) is 5.91 Å². The molecule has 0 aromatic heterocycles. The summed E-state index contributed by atoms with van der Waals surface area (Å²) < 4.78 is 5.53. The highest BCUT2D eigenvalue weighted by atomic mass is 16.5. The number of nitrogens with two attached hydrogens (primary N) is 2. The topological polar surface area (TPSA) is 81.6 Å². The number of hydrogen-bond acceptors (Lipinski definition) is 4. The normalized spacial score (nSPS) is 17.7. The molecule has 1 aliphatic rings. The fourth-order valence-electron chi connectivity index (χ4n) is 1.58. The van der Waals surface area contributed by atoms with Gasteiger partial charge in [0.1, 0.15) is 0 Å². The molecule has 0 heterocycles. The van der Waals surface area contributed by atoms with E-state index in [9.17, 15) is 4.79 Å². The van der Waals surface area contributed by atoms with Gasteiger partial charge < -0.3 is 16.2 Å². The van der Waals surface area contributed by atoms with Crippen molar-refractivity contribution in [2.45, 2.75) is 25.3 Å². The quantitative estimate of drug-likeness (QED) is 0.525. The minimum Gasteiger partial charge on any atom is -0.380 e. The van der Waals surface area contributed by atoms with Crippen molar-refractivity contribution in [1.29, 1.82) is 0 Å². The van der Waals surface area contributed by atoms with Crippen LogP contribution in [-0.2, 0) is 9.53 Å². The standard InChI is InChI=1S/C11H23N3O2/c1-14(10(7-12)6-11(13)15)4-5-16-8-9-2-3-9/h9-10H,2-8,12H2,1H3,(H2,13,15). The number of carbonyl (C=O) groups excluding carboxylic acids is 1. The number of amides is 1. The highest BCUT2D eigenvalue weighted by Gasteiger charge is 2.21. The Morgan fingerprint density at radius 2 is 2.25 bits per heavy atom. The molecular formula is C11H23N3O2. The van der Waals surface area contributed by atoms with Crippen LogP contribution in [0.5, 0.6) is 0 Å². The zero-order valence-electron chi connectivity index (χ0n) is 10.0. The first-order chi connectivity index (χ1) is 7.63. The summed E-state index contributed by atoms with van der Waals surface area (Å²) in [7, 11) is 1.95. The molecule has 0 radical (unpaired) electrons. The third-order valence-electron chi connectivity index (χ3n) is 2.97. The Kier molecular flexibility index (Phi) is 5.73. The van der Waals surface area contributed by atoms with E-state index in [0.29, 0.717) is 19.6 Å². The van der Waals surface area contributed by atoms with E-state index in [1.165, 1.54) is 12.8 Å². The molecule has 5 nitrogen and oxygen atoms in total. The third kappa shape index (κ3) is 5.44. The van der Waals surface area contributed by atoms with Crippen LogP contribution < -0.4 is 11.5 Å². The van der Waals surface area contributed by atoms with Crippen LogP contribution in [0.1, 0.15) is 19.3 Å². The largest absolute Gasteiger partial charge is 0.380 e. The van der Waals surface area contributed by atoms with Gasteiger partial charge in [-0.15, -0.1) is 0 Å². The third-order valence-corrected chi connectivity index (χ3v) is 2.97. The van der Waals surface area contributed by atoms with Crippen LogP contribution in [0.25, 0.3) is 0 Å². The molecule has 1 saturated carbocycles. The minimum atomic E-state index is -0.304. The SMILES string of the molecule is CN(CCOCC1CC1)C(CN)CC(N)=O. The van der Waals surface area contributed by atoms with Crippen LogP contribution in [0.2, 0.25) is 0 Å². The summed E-state index contributed by atoms with van der Waals surface area (Å²) in [4.78, 5) is 12.8. The lowest BCUT2D eigenvalue weighted by Gasteiger charge is -2.25. The molecule has 1 rings (SSSR count). The monoisotopic (exact) mass is 229 g/mol. The van der Waals surface area contributed by atoms with Crippen LogP contribution in [0.3, 0.4) is 0 Å². The average Bonchev–Trinajstić information content (AvgIpc) is 3.04. The second-order valence-electron chi connectivity index (χ2n) is 4.56. The van der Waals surface area contributed by atoms with Gasteiger partial charge in [-0.3, -0.25) is 9.69 Å². The molecule has 0 bridgehead atoms. The van der Waals surface area contributed by atoms with E-state index in [2.05, 4.69) is 0 Å². The number of carbonyl (C=O) groups is 1. The van der Waals surface area contributed by atoms with Crippen molar-refractivity contribution >= 4 is 5.91 Å². The van der Waals surface area contributed by atoms with Gasteiger partial charge in [-0.1, -0.05) is 0 Å². The Hall–Kier alpha value is -0.650. The summed E-state index contributed by atoms with van der Waals surface area (Å²) in [5.41, 5.74) is 10.8. The summed E-state index contributed by atoms with van der Waals surface area (Å²) in [6, 6.07) is 0.0297. The fourth-order valence-corrected chi connectivity index (χ4v) is 1.58. The molecule has 0 aliphatic heterocycles. The molecule has 4 N–H and O–H groups in total. The van der Waals surface area contributed by atoms with Crippen LogP contribution in [-0.4, -0.2) is 50.2 Å². The van der Waals surface area contributed by atoms with E-state index >= 15 is 0 Å². The number of likely N-dealkylation sites (N-methyl/N-ethyl adjacent to an activating group) is 1. The molecule has 1 fully saturated rings. The van der Waals surface area contributed by atoms with Gasteiger partial charge in [-0.05, 0) is 25.8 Å². The first-order valence-electron chi connectivity index (χ1n) is 5.89.